The summed E-state index contributed by atoms with van der Waals surface area (Å²) < 4.78 is 0. The van der Waals surface area contributed by atoms with Crippen molar-refractivity contribution < 1.29 is 4.79 Å². The molecule has 0 aromatic carbocycles. The third kappa shape index (κ3) is 5.80. The number of allylic oxidation sites excluding steroid dienone is 1. The number of rotatable bonds is 6. The first kappa shape index (κ1) is 13.4. The first-order valence-corrected chi connectivity index (χ1v) is 5.93. The van der Waals surface area contributed by atoms with Gasteiger partial charge in [-0.15, -0.1) is 0 Å². The molecule has 92 valence electrons. The van der Waals surface area contributed by atoms with E-state index in [1.165, 1.54) is 0 Å². The molecule has 0 aliphatic rings. The van der Waals surface area contributed by atoms with Crippen molar-refractivity contribution in [3.63, 3.8) is 0 Å². The van der Waals surface area contributed by atoms with Crippen LogP contribution in [0.25, 0.3) is 0 Å². The van der Waals surface area contributed by atoms with Crippen LogP contribution in [0.15, 0.2) is 30.1 Å². The maximum atomic E-state index is 11.5. The summed E-state index contributed by atoms with van der Waals surface area (Å²) in [6.07, 6.45) is 8.22. The van der Waals surface area contributed by atoms with Crippen molar-refractivity contribution in [3.05, 3.63) is 35.9 Å². The number of hydrogen-bond donors (Lipinski definition) is 1. The molecule has 0 aliphatic carbocycles. The second-order valence-corrected chi connectivity index (χ2v) is 3.98. The highest BCUT2D eigenvalue weighted by atomic mass is 16.1. The summed E-state index contributed by atoms with van der Waals surface area (Å²) in [5.41, 5.74) is 1.11. The third-order valence-electron chi connectivity index (χ3n) is 2.34. The second-order valence-electron chi connectivity index (χ2n) is 3.98. The predicted octanol–water partition coefficient (Wildman–Crippen LogP) is 2.23. The summed E-state index contributed by atoms with van der Waals surface area (Å²) in [6, 6.07) is 1.75. The van der Waals surface area contributed by atoms with Crippen LogP contribution in [0.1, 0.15) is 38.9 Å². The van der Waals surface area contributed by atoms with Gasteiger partial charge in [0.1, 0.15) is 5.82 Å². The minimum atomic E-state index is -0.0777. The number of nitrogens with one attached hydrogen (secondary N) is 1. The molecule has 17 heavy (non-hydrogen) atoms. The lowest BCUT2D eigenvalue weighted by Gasteiger charge is -2.02. The van der Waals surface area contributed by atoms with E-state index in [1.807, 2.05) is 6.92 Å². The second kappa shape index (κ2) is 7.54. The molecule has 1 rings (SSSR count). The fourth-order valence-corrected chi connectivity index (χ4v) is 1.39. The van der Waals surface area contributed by atoms with Crippen molar-refractivity contribution in [2.75, 3.05) is 0 Å². The van der Waals surface area contributed by atoms with E-state index in [0.29, 0.717) is 12.4 Å². The molecule has 0 aliphatic heterocycles. The van der Waals surface area contributed by atoms with Crippen LogP contribution < -0.4 is 5.32 Å². The van der Waals surface area contributed by atoms with Crippen LogP contribution in [0.3, 0.4) is 0 Å². The van der Waals surface area contributed by atoms with Crippen molar-refractivity contribution in [2.45, 2.75) is 39.7 Å². The number of aromatic nitrogens is 2. The normalized spacial score (nSPS) is 11.3. The van der Waals surface area contributed by atoms with Gasteiger partial charge < -0.3 is 5.32 Å². The van der Waals surface area contributed by atoms with E-state index in [2.05, 4.69) is 22.2 Å². The van der Waals surface area contributed by atoms with Crippen LogP contribution in [0.2, 0.25) is 0 Å². The van der Waals surface area contributed by atoms with Crippen molar-refractivity contribution in [1.29, 1.82) is 0 Å². The van der Waals surface area contributed by atoms with Gasteiger partial charge >= 0.3 is 0 Å². The van der Waals surface area contributed by atoms with Crippen LogP contribution in [-0.4, -0.2) is 15.9 Å². The Kier molecular flexibility index (Phi) is 5.93. The van der Waals surface area contributed by atoms with E-state index in [4.69, 9.17) is 0 Å². The van der Waals surface area contributed by atoms with Crippen molar-refractivity contribution in [3.8, 4) is 0 Å². The largest absolute Gasteiger partial charge is 0.345 e. The molecule has 1 heterocycles. The van der Waals surface area contributed by atoms with Crippen molar-refractivity contribution >= 4 is 5.91 Å². The zero-order valence-electron chi connectivity index (χ0n) is 10.4. The Morgan fingerprint density at radius 1 is 1.41 bits per heavy atom. The van der Waals surface area contributed by atoms with Gasteiger partial charge in [0.05, 0.1) is 6.54 Å². The molecular formula is C13H19N3O. The molecule has 0 fully saturated rings. The Morgan fingerprint density at radius 3 is 2.76 bits per heavy atom. The maximum absolute atomic E-state index is 11.5. The molecular weight excluding hydrogens is 214 g/mol. The van der Waals surface area contributed by atoms with Gasteiger partial charge in [0.2, 0.25) is 5.91 Å². The molecule has 0 radical (unpaired) electrons. The number of nitrogens with zero attached hydrogens (tertiary/aromatic N) is 2. The first-order chi connectivity index (χ1) is 8.22. The number of unbranched alkanes of at least 4 members (excludes halogenated alkanes) is 1. The first-order valence-electron chi connectivity index (χ1n) is 5.93. The fourth-order valence-electron chi connectivity index (χ4n) is 1.39. The molecule has 4 heteroatoms. The summed E-state index contributed by atoms with van der Waals surface area (Å²) in [5, 5.41) is 2.77. The lowest BCUT2D eigenvalue weighted by Crippen LogP contribution is -2.22. The fraction of sp³-hybridized carbons (Fsp3) is 0.462. The summed E-state index contributed by atoms with van der Waals surface area (Å²) in [4.78, 5) is 19.6. The van der Waals surface area contributed by atoms with Crippen LogP contribution in [-0.2, 0) is 11.3 Å². The highest BCUT2D eigenvalue weighted by Crippen LogP contribution is 2.05. The quantitative estimate of drug-likeness (QED) is 0.766. The molecule has 1 aromatic heterocycles. The van der Waals surface area contributed by atoms with E-state index >= 15 is 0 Å². The van der Waals surface area contributed by atoms with Gasteiger partial charge in [-0.2, -0.15) is 0 Å². The van der Waals surface area contributed by atoms with Gasteiger partial charge in [-0.1, -0.05) is 18.9 Å². The van der Waals surface area contributed by atoms with Crippen LogP contribution >= 0.6 is 0 Å². The smallest absolute Gasteiger partial charge is 0.244 e. The topological polar surface area (TPSA) is 54.9 Å². The standard InChI is InChI=1S/C13H19N3O/c1-3-4-6-11(2)9-13(17)16-10-12-14-7-5-8-15-12/h5,7-9H,3-4,6,10H2,1-2H3,(H,16,17)/b11-9+. The minimum absolute atomic E-state index is 0.0777. The summed E-state index contributed by atoms with van der Waals surface area (Å²) in [5.74, 6) is 0.548. The molecule has 0 atom stereocenters. The van der Waals surface area contributed by atoms with E-state index in [-0.39, 0.29) is 5.91 Å². The Bertz CT molecular complexity index is 374. The monoisotopic (exact) mass is 233 g/mol. The molecule has 0 saturated heterocycles. The maximum Gasteiger partial charge on any atom is 0.244 e. The minimum Gasteiger partial charge on any atom is -0.345 e. The molecule has 0 unspecified atom stereocenters. The molecule has 0 saturated carbocycles. The zero-order chi connectivity index (χ0) is 12.5. The Hall–Kier alpha value is -1.71. The van der Waals surface area contributed by atoms with Crippen LogP contribution in [0.4, 0.5) is 0 Å². The molecule has 1 amide bonds. The van der Waals surface area contributed by atoms with Crippen molar-refractivity contribution in [1.82, 2.24) is 15.3 Å². The highest BCUT2D eigenvalue weighted by Gasteiger charge is 1.99. The predicted molar refractivity (Wildman–Crippen MR) is 67.2 cm³/mol. The van der Waals surface area contributed by atoms with Gasteiger partial charge in [0.25, 0.3) is 0 Å². The summed E-state index contributed by atoms with van der Waals surface area (Å²) in [6.45, 7) is 4.49. The van der Waals surface area contributed by atoms with E-state index in [1.54, 1.807) is 24.5 Å². The van der Waals surface area contributed by atoms with Crippen LogP contribution in [0, 0.1) is 0 Å². The Balaban J connectivity index is 2.35. The molecule has 0 bridgehead atoms. The lowest BCUT2D eigenvalue weighted by molar-refractivity contribution is -0.116. The zero-order valence-corrected chi connectivity index (χ0v) is 10.4. The summed E-state index contributed by atoms with van der Waals surface area (Å²) >= 11 is 0. The summed E-state index contributed by atoms with van der Waals surface area (Å²) in [7, 11) is 0. The van der Waals surface area contributed by atoms with E-state index < -0.39 is 0 Å². The van der Waals surface area contributed by atoms with Gasteiger partial charge in [-0.05, 0) is 25.8 Å². The number of carbonyl (C=O) groups is 1. The Labute approximate surface area is 102 Å². The third-order valence-corrected chi connectivity index (χ3v) is 2.34. The van der Waals surface area contributed by atoms with Gasteiger partial charge in [0.15, 0.2) is 0 Å². The number of hydrogen-bond acceptors (Lipinski definition) is 3. The van der Waals surface area contributed by atoms with Gasteiger partial charge in [0, 0.05) is 18.5 Å². The number of amides is 1. The van der Waals surface area contributed by atoms with E-state index in [0.717, 1.165) is 24.8 Å². The van der Waals surface area contributed by atoms with Gasteiger partial charge in [-0.3, -0.25) is 4.79 Å². The highest BCUT2D eigenvalue weighted by molar-refractivity contribution is 5.87. The SMILES string of the molecule is CCCC/C(C)=C/C(=O)NCc1ncccn1. The average molecular weight is 233 g/mol. The average Bonchev–Trinajstić information content (AvgIpc) is 2.35. The van der Waals surface area contributed by atoms with Crippen molar-refractivity contribution in [2.24, 2.45) is 0 Å². The molecule has 1 N–H and O–H groups in total. The lowest BCUT2D eigenvalue weighted by atomic mass is 10.1. The van der Waals surface area contributed by atoms with Gasteiger partial charge in [-0.25, -0.2) is 9.97 Å². The molecule has 0 spiro atoms. The number of carbonyl (C=O) groups excluding carboxylic acids is 1. The molecule has 4 nitrogen and oxygen atoms in total. The Morgan fingerprint density at radius 2 is 2.12 bits per heavy atom. The molecule has 1 aromatic rings. The van der Waals surface area contributed by atoms with E-state index in [9.17, 15) is 4.79 Å². The van der Waals surface area contributed by atoms with Crippen LogP contribution in [0.5, 0.6) is 0 Å².